The first-order chi connectivity index (χ1) is 21.3. The largest absolute Gasteiger partial charge is 0.330 e. The molecule has 9 heteroatoms. The second-order valence-electron chi connectivity index (χ2n) is 10.1. The summed E-state index contributed by atoms with van der Waals surface area (Å²) in [6.07, 6.45) is 1.47. The van der Waals surface area contributed by atoms with Gasteiger partial charge in [-0.1, -0.05) is 119 Å². The first kappa shape index (κ1) is 31.6. The van der Waals surface area contributed by atoms with Crippen LogP contribution >= 0.6 is 46.4 Å². The summed E-state index contributed by atoms with van der Waals surface area (Å²) in [7, 11) is 0. The Morgan fingerprint density at radius 3 is 1.20 bits per heavy atom. The fourth-order valence-electron chi connectivity index (χ4n) is 4.75. The molecule has 0 N–H and O–H groups in total. The summed E-state index contributed by atoms with van der Waals surface area (Å²) in [5.41, 5.74) is 3.53. The molecule has 5 rings (SSSR count). The first-order valence-corrected chi connectivity index (χ1v) is 15.3. The van der Waals surface area contributed by atoms with Crippen molar-refractivity contribution in [1.29, 1.82) is 0 Å². The van der Waals surface area contributed by atoms with Crippen molar-refractivity contribution < 1.29 is 9.59 Å². The van der Waals surface area contributed by atoms with Crippen LogP contribution in [0.4, 0.5) is 0 Å². The molecule has 0 aliphatic carbocycles. The second kappa shape index (κ2) is 14.7. The lowest BCUT2D eigenvalue weighted by molar-refractivity contribution is 0.0722. The third kappa shape index (κ3) is 7.79. The normalized spacial score (nSPS) is 10.8. The van der Waals surface area contributed by atoms with Crippen LogP contribution in [0, 0.1) is 0 Å². The minimum absolute atomic E-state index is 0.116. The van der Waals surface area contributed by atoms with Gasteiger partial charge < -0.3 is 9.80 Å². The number of hydrogen-bond acceptors (Lipinski definition) is 3. The fraction of sp³-hybridized carbons (Fsp3) is 0.114. The van der Waals surface area contributed by atoms with E-state index in [1.165, 1.54) is 12.3 Å². The van der Waals surface area contributed by atoms with Crippen molar-refractivity contribution in [3.63, 3.8) is 0 Å². The fourth-order valence-corrected chi connectivity index (χ4v) is 5.54. The minimum Gasteiger partial charge on any atom is -0.330 e. The van der Waals surface area contributed by atoms with E-state index < -0.39 is 0 Å². The van der Waals surface area contributed by atoms with E-state index in [-0.39, 0.29) is 43.7 Å². The van der Waals surface area contributed by atoms with Gasteiger partial charge >= 0.3 is 0 Å². The third-order valence-corrected chi connectivity index (χ3v) is 8.55. The molecule has 0 aliphatic rings. The van der Waals surface area contributed by atoms with E-state index in [0.717, 1.165) is 22.3 Å². The number of amides is 2. The van der Waals surface area contributed by atoms with Crippen molar-refractivity contribution in [3.8, 4) is 0 Å². The maximum atomic E-state index is 14.0. The molecule has 44 heavy (non-hydrogen) atoms. The molecule has 1 heterocycles. The van der Waals surface area contributed by atoms with Gasteiger partial charge in [0, 0.05) is 58.0 Å². The Balaban J connectivity index is 1.47. The van der Waals surface area contributed by atoms with Crippen LogP contribution in [0.2, 0.25) is 20.1 Å². The van der Waals surface area contributed by atoms with Gasteiger partial charge in [0.2, 0.25) is 0 Å². The summed E-state index contributed by atoms with van der Waals surface area (Å²) in [4.78, 5) is 35.7. The summed E-state index contributed by atoms with van der Waals surface area (Å²) < 4.78 is 0. The Hall–Kier alpha value is -3.87. The van der Waals surface area contributed by atoms with Gasteiger partial charge in [-0.2, -0.15) is 0 Å². The quantitative estimate of drug-likeness (QED) is 0.150. The Labute approximate surface area is 276 Å². The number of benzene rings is 4. The van der Waals surface area contributed by atoms with Gasteiger partial charge in [0.25, 0.3) is 11.8 Å². The van der Waals surface area contributed by atoms with Gasteiger partial charge in [-0.25, -0.2) is 0 Å². The van der Waals surface area contributed by atoms with Crippen LogP contribution in [0.25, 0.3) is 0 Å². The number of hydrogen-bond donors (Lipinski definition) is 0. The highest BCUT2D eigenvalue weighted by molar-refractivity contribution is 6.32. The molecule has 1 aromatic heterocycles. The Morgan fingerprint density at radius 1 is 0.500 bits per heavy atom. The van der Waals surface area contributed by atoms with Crippen molar-refractivity contribution in [2.24, 2.45) is 0 Å². The number of aromatic nitrogens is 1. The summed E-state index contributed by atoms with van der Waals surface area (Å²) >= 11 is 25.9. The predicted molar refractivity (Wildman–Crippen MR) is 177 cm³/mol. The van der Waals surface area contributed by atoms with E-state index in [1.807, 2.05) is 72.8 Å². The highest BCUT2D eigenvalue weighted by Crippen LogP contribution is 2.25. The van der Waals surface area contributed by atoms with E-state index in [0.29, 0.717) is 25.7 Å². The molecule has 2 amide bonds. The standard InChI is InChI=1S/C35H27Cl4N3O2/c36-29-13-5-1-9-25(29)20-41(21-26-10-2-6-14-30(26)37)34(43)24-17-18-40-33(19-24)35(44)42(22-27-11-3-7-15-31(27)38)23-28-12-4-8-16-32(28)39/h1-19H,20-23H2. The second-order valence-corrected chi connectivity index (χ2v) is 11.7. The number of pyridine rings is 1. The van der Waals surface area contributed by atoms with Crippen LogP contribution < -0.4 is 0 Å². The van der Waals surface area contributed by atoms with E-state index in [4.69, 9.17) is 46.4 Å². The van der Waals surface area contributed by atoms with Crippen molar-refractivity contribution in [3.05, 3.63) is 169 Å². The minimum atomic E-state index is -0.372. The number of nitrogens with zero attached hydrogens (tertiary/aromatic N) is 3. The number of halogens is 4. The molecular weight excluding hydrogens is 636 g/mol. The molecule has 222 valence electrons. The molecular formula is C35H27Cl4N3O2. The van der Waals surface area contributed by atoms with Crippen LogP contribution in [-0.4, -0.2) is 26.6 Å². The zero-order valence-corrected chi connectivity index (χ0v) is 26.5. The highest BCUT2D eigenvalue weighted by Gasteiger charge is 2.24. The first-order valence-electron chi connectivity index (χ1n) is 13.8. The summed E-state index contributed by atoms with van der Waals surface area (Å²) in [5.74, 6) is -0.673. The Bertz CT molecular complexity index is 1570. The maximum absolute atomic E-state index is 14.0. The van der Waals surface area contributed by atoms with E-state index in [2.05, 4.69) is 4.98 Å². The van der Waals surface area contributed by atoms with Crippen LogP contribution in [0.5, 0.6) is 0 Å². The maximum Gasteiger partial charge on any atom is 0.273 e. The van der Waals surface area contributed by atoms with Gasteiger partial charge in [-0.3, -0.25) is 14.6 Å². The topological polar surface area (TPSA) is 53.5 Å². The molecule has 0 fully saturated rings. The van der Waals surface area contributed by atoms with Crippen molar-refractivity contribution in [1.82, 2.24) is 14.8 Å². The van der Waals surface area contributed by atoms with Gasteiger partial charge in [-0.15, -0.1) is 0 Å². The average Bonchev–Trinajstić information content (AvgIpc) is 3.03. The molecule has 0 radical (unpaired) electrons. The van der Waals surface area contributed by atoms with Crippen molar-refractivity contribution in [2.75, 3.05) is 0 Å². The molecule has 0 aliphatic heterocycles. The monoisotopic (exact) mass is 661 g/mol. The van der Waals surface area contributed by atoms with E-state index >= 15 is 0 Å². The molecule has 0 bridgehead atoms. The van der Waals surface area contributed by atoms with Crippen LogP contribution in [0.1, 0.15) is 43.1 Å². The zero-order chi connectivity index (χ0) is 31.1. The third-order valence-electron chi connectivity index (χ3n) is 7.08. The van der Waals surface area contributed by atoms with Gasteiger partial charge in [0.05, 0.1) is 0 Å². The van der Waals surface area contributed by atoms with Gasteiger partial charge in [0.1, 0.15) is 5.69 Å². The number of carbonyl (C=O) groups is 2. The molecule has 0 atom stereocenters. The smallest absolute Gasteiger partial charge is 0.273 e. The average molecular weight is 663 g/mol. The van der Waals surface area contributed by atoms with Crippen LogP contribution in [-0.2, 0) is 26.2 Å². The molecule has 0 unspecified atom stereocenters. The molecule has 4 aromatic carbocycles. The highest BCUT2D eigenvalue weighted by atomic mass is 35.5. The lowest BCUT2D eigenvalue weighted by Crippen LogP contribution is -2.32. The van der Waals surface area contributed by atoms with Crippen LogP contribution in [0.15, 0.2) is 115 Å². The van der Waals surface area contributed by atoms with Crippen molar-refractivity contribution >= 4 is 58.2 Å². The predicted octanol–water partition coefficient (Wildman–Crippen LogP) is 9.38. The lowest BCUT2D eigenvalue weighted by Gasteiger charge is -2.25. The summed E-state index contributed by atoms with van der Waals surface area (Å²) in [5, 5.41) is 2.17. The molecule has 0 saturated carbocycles. The number of rotatable bonds is 10. The lowest BCUT2D eigenvalue weighted by atomic mass is 10.1. The summed E-state index contributed by atoms with van der Waals surface area (Å²) in [6.45, 7) is 0.907. The van der Waals surface area contributed by atoms with Crippen molar-refractivity contribution in [2.45, 2.75) is 26.2 Å². The van der Waals surface area contributed by atoms with Crippen LogP contribution in [0.3, 0.4) is 0 Å². The molecule has 5 nitrogen and oxygen atoms in total. The number of carbonyl (C=O) groups excluding carboxylic acids is 2. The van der Waals surface area contributed by atoms with E-state index in [1.54, 1.807) is 40.1 Å². The molecule has 0 saturated heterocycles. The van der Waals surface area contributed by atoms with Gasteiger partial charge in [0.15, 0.2) is 0 Å². The summed E-state index contributed by atoms with van der Waals surface area (Å²) in [6, 6.07) is 32.5. The Kier molecular flexibility index (Phi) is 10.6. The SMILES string of the molecule is O=C(c1ccnc(C(=O)N(Cc2ccccc2Cl)Cc2ccccc2Cl)c1)N(Cc1ccccc1Cl)Cc1ccccc1Cl. The Morgan fingerprint density at radius 2 is 0.841 bits per heavy atom. The zero-order valence-electron chi connectivity index (χ0n) is 23.5. The molecule has 5 aromatic rings. The van der Waals surface area contributed by atoms with E-state index in [9.17, 15) is 9.59 Å². The van der Waals surface area contributed by atoms with Gasteiger partial charge in [-0.05, 0) is 58.7 Å². The molecule has 0 spiro atoms.